The highest BCUT2D eigenvalue weighted by atomic mass is 16.5. The van der Waals surface area contributed by atoms with Gasteiger partial charge < -0.3 is 20.7 Å². The second-order valence-electron chi connectivity index (χ2n) is 11.5. The molecule has 5 rings (SSSR count). The number of fused-ring (bicyclic) bond motifs is 1. The highest BCUT2D eigenvalue weighted by Gasteiger charge is 2.21. The lowest BCUT2D eigenvalue weighted by atomic mass is 9.87. The number of ether oxygens (including phenoxy) is 1. The minimum Gasteiger partial charge on any atom is -0.496 e. The van der Waals surface area contributed by atoms with Crippen LogP contribution >= 0.6 is 0 Å². The molecule has 7 heteroatoms. The first-order valence-corrected chi connectivity index (χ1v) is 13.7. The van der Waals surface area contributed by atoms with Gasteiger partial charge in [-0.1, -0.05) is 46.4 Å². The van der Waals surface area contributed by atoms with Gasteiger partial charge in [-0.05, 0) is 84.8 Å². The smallest absolute Gasteiger partial charge is 0.126 e. The average molecular weight is 527 g/mol. The molecule has 1 fully saturated rings. The summed E-state index contributed by atoms with van der Waals surface area (Å²) in [5, 5.41) is 10.9. The number of nitrogens with zero attached hydrogens (tertiary/aromatic N) is 3. The summed E-state index contributed by atoms with van der Waals surface area (Å²) in [4.78, 5) is 13.6. The number of aromatic nitrogens is 2. The first-order valence-electron chi connectivity index (χ1n) is 13.7. The van der Waals surface area contributed by atoms with Crippen LogP contribution in [0.3, 0.4) is 0 Å². The number of hydrogen-bond donors (Lipinski definition) is 3. The Labute approximate surface area is 232 Å². The molecule has 0 spiro atoms. The molecule has 0 aliphatic carbocycles. The number of anilines is 1. The molecule has 7 nitrogen and oxygen atoms in total. The summed E-state index contributed by atoms with van der Waals surface area (Å²) in [6, 6.07) is 12.3. The van der Waals surface area contributed by atoms with Gasteiger partial charge in [-0.25, -0.2) is 9.97 Å². The summed E-state index contributed by atoms with van der Waals surface area (Å²) in [6.07, 6.45) is 5.80. The van der Waals surface area contributed by atoms with E-state index < -0.39 is 0 Å². The quantitative estimate of drug-likeness (QED) is 0.365. The van der Waals surface area contributed by atoms with E-state index in [4.69, 9.17) is 4.74 Å². The molecule has 2 aliphatic rings. The van der Waals surface area contributed by atoms with E-state index in [0.29, 0.717) is 12.2 Å². The van der Waals surface area contributed by atoms with Crippen LogP contribution in [0.2, 0.25) is 0 Å². The molecule has 3 heterocycles. The van der Waals surface area contributed by atoms with Crippen LogP contribution in [0.4, 0.5) is 5.69 Å². The lowest BCUT2D eigenvalue weighted by Gasteiger charge is -2.18. The van der Waals surface area contributed by atoms with Crippen molar-refractivity contribution in [1.29, 1.82) is 0 Å². The lowest BCUT2D eigenvalue weighted by Crippen LogP contribution is -2.24. The van der Waals surface area contributed by atoms with Crippen molar-refractivity contribution in [2.45, 2.75) is 47.5 Å². The van der Waals surface area contributed by atoms with Crippen LogP contribution in [0.25, 0.3) is 10.9 Å². The number of aryl methyl sites for hydroxylation is 1. The molecule has 1 saturated heterocycles. The number of benzene rings is 2. The molecule has 0 radical (unpaired) electrons. The van der Waals surface area contributed by atoms with Gasteiger partial charge in [-0.3, -0.25) is 4.99 Å². The van der Waals surface area contributed by atoms with E-state index in [2.05, 4.69) is 83.4 Å². The van der Waals surface area contributed by atoms with E-state index >= 15 is 0 Å². The zero-order valence-corrected chi connectivity index (χ0v) is 24.2. The van der Waals surface area contributed by atoms with Crippen molar-refractivity contribution in [3.63, 3.8) is 0 Å². The van der Waals surface area contributed by atoms with E-state index in [1.807, 2.05) is 31.2 Å². The second-order valence-corrected chi connectivity index (χ2v) is 11.5. The Morgan fingerprint density at radius 3 is 2.62 bits per heavy atom. The van der Waals surface area contributed by atoms with Gasteiger partial charge in [0.05, 0.1) is 24.9 Å². The monoisotopic (exact) mass is 526 g/mol. The number of hydrogen-bond acceptors (Lipinski definition) is 7. The van der Waals surface area contributed by atoms with Gasteiger partial charge in [0.2, 0.25) is 0 Å². The van der Waals surface area contributed by atoms with E-state index in [1.54, 1.807) is 13.4 Å². The van der Waals surface area contributed by atoms with Crippen LogP contribution in [0.1, 0.15) is 50.9 Å². The maximum Gasteiger partial charge on any atom is 0.126 e. The second kappa shape index (κ2) is 12.4. The Bertz CT molecular complexity index is 1380. The van der Waals surface area contributed by atoms with Crippen molar-refractivity contribution in [2.24, 2.45) is 16.3 Å². The Hall–Kier alpha value is -3.71. The van der Waals surface area contributed by atoms with Crippen LogP contribution in [0.5, 0.6) is 5.75 Å². The number of methoxy groups -OCH3 is 1. The molecule has 1 aromatic heterocycles. The average Bonchev–Trinajstić information content (AvgIpc) is 3.56. The van der Waals surface area contributed by atoms with Crippen LogP contribution < -0.4 is 20.7 Å². The fourth-order valence-corrected chi connectivity index (χ4v) is 4.67. The topological polar surface area (TPSA) is 83.5 Å². The van der Waals surface area contributed by atoms with Gasteiger partial charge in [-0.15, -0.1) is 0 Å². The highest BCUT2D eigenvalue weighted by Crippen LogP contribution is 2.28. The molecule has 39 heavy (non-hydrogen) atoms. The van der Waals surface area contributed by atoms with Crippen LogP contribution in [-0.2, 0) is 6.42 Å². The van der Waals surface area contributed by atoms with Gasteiger partial charge in [0.25, 0.3) is 0 Å². The predicted octanol–water partition coefficient (Wildman–Crippen LogP) is 6.01. The molecule has 3 aromatic rings. The zero-order valence-electron chi connectivity index (χ0n) is 24.2. The fourth-order valence-electron chi connectivity index (χ4n) is 4.67. The van der Waals surface area contributed by atoms with Gasteiger partial charge >= 0.3 is 0 Å². The standard InChI is InChI=1S/C27H31N5O.C5H11N/c1-17-10-23-22(14-25(17)33-6)24(30-16-29-23)12-19-8-7-9-21(11-19)31-18(2)32-26-13-20(15-28-26)27(3,4)5;1-5-2-3-6-4-5/h7-11,13-14,16,31H,2,12,15H2,1,3-6H3,(H,28,32);5-6H,2-4H2,1H3/t;5-/m.0/s1. The molecule has 0 saturated carbocycles. The molecule has 2 aromatic carbocycles. The molecule has 0 unspecified atom stereocenters. The largest absolute Gasteiger partial charge is 0.496 e. The minimum absolute atomic E-state index is 0.115. The molecule has 0 bridgehead atoms. The van der Waals surface area contributed by atoms with Crippen LogP contribution in [-0.4, -0.2) is 42.5 Å². The molecule has 3 N–H and O–H groups in total. The SMILES string of the molecule is C=C(NC1=NCC(C(C)(C)C)=C1)Nc1cccc(Cc2ncnc3cc(C)c(OC)cc23)c1.C[C@H]1CCNC1. The van der Waals surface area contributed by atoms with Crippen molar-refractivity contribution in [3.05, 3.63) is 83.6 Å². The maximum atomic E-state index is 5.50. The lowest BCUT2D eigenvalue weighted by molar-refractivity contribution is 0.412. The molecule has 206 valence electrons. The Morgan fingerprint density at radius 2 is 1.97 bits per heavy atom. The van der Waals surface area contributed by atoms with Crippen LogP contribution in [0, 0.1) is 18.3 Å². The zero-order chi connectivity index (χ0) is 28.0. The van der Waals surface area contributed by atoms with E-state index in [1.165, 1.54) is 25.1 Å². The van der Waals surface area contributed by atoms with Crippen molar-refractivity contribution < 1.29 is 4.74 Å². The highest BCUT2D eigenvalue weighted by molar-refractivity contribution is 5.97. The third kappa shape index (κ3) is 7.67. The predicted molar refractivity (Wildman–Crippen MR) is 162 cm³/mol. The summed E-state index contributed by atoms with van der Waals surface area (Å²) in [5.41, 5.74) is 6.46. The normalized spacial score (nSPS) is 16.7. The van der Waals surface area contributed by atoms with Crippen molar-refractivity contribution in [1.82, 2.24) is 20.6 Å². The van der Waals surface area contributed by atoms with Gasteiger partial charge in [0, 0.05) is 17.5 Å². The number of nitrogens with one attached hydrogen (secondary N) is 3. The van der Waals surface area contributed by atoms with Crippen molar-refractivity contribution in [2.75, 3.05) is 32.1 Å². The van der Waals surface area contributed by atoms with E-state index in [-0.39, 0.29) is 5.41 Å². The summed E-state index contributed by atoms with van der Waals surface area (Å²) in [7, 11) is 1.69. The first kappa shape index (κ1) is 28.3. The summed E-state index contributed by atoms with van der Waals surface area (Å²) < 4.78 is 5.50. The van der Waals surface area contributed by atoms with Gasteiger partial charge in [-0.2, -0.15) is 0 Å². The summed E-state index contributed by atoms with van der Waals surface area (Å²) in [6.45, 7) is 18.2. The maximum absolute atomic E-state index is 5.50. The summed E-state index contributed by atoms with van der Waals surface area (Å²) >= 11 is 0. The number of amidine groups is 1. The van der Waals surface area contributed by atoms with E-state index in [9.17, 15) is 0 Å². The number of aliphatic imine (C=N–C) groups is 1. The number of rotatable bonds is 6. The third-order valence-electron chi connectivity index (χ3n) is 7.11. The summed E-state index contributed by atoms with van der Waals surface area (Å²) in [5.74, 6) is 3.30. The van der Waals surface area contributed by atoms with Crippen LogP contribution in [0.15, 0.2) is 71.8 Å². The van der Waals surface area contributed by atoms with Crippen molar-refractivity contribution in [3.8, 4) is 5.75 Å². The Balaban J connectivity index is 0.000000519. The third-order valence-corrected chi connectivity index (χ3v) is 7.11. The van der Waals surface area contributed by atoms with Gasteiger partial charge in [0.15, 0.2) is 0 Å². The Kier molecular flexibility index (Phi) is 9.02. The van der Waals surface area contributed by atoms with Crippen molar-refractivity contribution >= 4 is 22.4 Å². The fraction of sp³-hybridized carbons (Fsp3) is 0.406. The molecular formula is C32H42N6O. The Morgan fingerprint density at radius 1 is 1.15 bits per heavy atom. The van der Waals surface area contributed by atoms with Gasteiger partial charge in [0.1, 0.15) is 23.7 Å². The molecule has 2 aliphatic heterocycles. The van der Waals surface area contributed by atoms with E-state index in [0.717, 1.165) is 57.5 Å². The molecule has 0 amide bonds. The minimum atomic E-state index is 0.115. The molecule has 1 atom stereocenters. The first-order chi connectivity index (χ1) is 18.6. The molecular weight excluding hydrogens is 484 g/mol.